The van der Waals surface area contributed by atoms with Crippen LogP contribution in [-0.2, 0) is 0 Å². The molecule has 0 aliphatic carbocycles. The number of benzene rings is 1. The van der Waals surface area contributed by atoms with Gasteiger partial charge in [0.15, 0.2) is 11.6 Å². The molecule has 1 atom stereocenters. The van der Waals surface area contributed by atoms with Crippen molar-refractivity contribution in [2.24, 2.45) is 0 Å². The number of piperidine rings is 1. The molecule has 0 saturated carbocycles. The highest BCUT2D eigenvalue weighted by atomic mass is 35.5. The van der Waals surface area contributed by atoms with Crippen molar-refractivity contribution in [2.75, 3.05) is 18.8 Å². The van der Waals surface area contributed by atoms with E-state index >= 15 is 0 Å². The fraction of sp³-hybridized carbons (Fsp3) is 0.333. The van der Waals surface area contributed by atoms with E-state index in [1.165, 1.54) is 23.1 Å². The van der Waals surface area contributed by atoms with Crippen molar-refractivity contribution in [1.82, 2.24) is 20.1 Å². The molecule has 3 N–H and O–H groups in total. The monoisotopic (exact) mass is 504 g/mol. The Kier molecular flexibility index (Phi) is 6.31. The first kappa shape index (κ1) is 22.2. The first-order valence-corrected chi connectivity index (χ1v) is 10.6. The first-order chi connectivity index (χ1) is 16.0. The maximum atomic E-state index is 13.9. The number of alkyl halides is 3. The number of nitrogens with two attached hydrogens (primary N) is 1. The van der Waals surface area contributed by atoms with Gasteiger partial charge in [0.2, 0.25) is 6.10 Å². The number of rotatable bonds is 5. The normalized spacial score (nSPS) is 17.5. The molecule has 2 aromatic heterocycles. The van der Waals surface area contributed by atoms with E-state index in [-0.39, 0.29) is 5.82 Å². The van der Waals surface area contributed by atoms with Crippen LogP contribution in [0.3, 0.4) is 0 Å². The molecule has 1 aliphatic heterocycles. The summed E-state index contributed by atoms with van der Waals surface area (Å²) in [5.41, 5.74) is 5.89. The second kappa shape index (κ2) is 9.36. The number of hydrogen-bond donors (Lipinski definition) is 2. The molecule has 1 aromatic carbocycles. The third-order valence-electron chi connectivity index (χ3n) is 5.19. The molecule has 1 aliphatic rings. The van der Waals surface area contributed by atoms with Crippen molar-refractivity contribution in [3.8, 4) is 16.9 Å². The summed E-state index contributed by atoms with van der Waals surface area (Å²) in [6.45, 7) is 1.34. The highest BCUT2D eigenvalue weighted by Crippen LogP contribution is 2.44. The summed E-state index contributed by atoms with van der Waals surface area (Å²) in [5, 5.41) is 6.23. The summed E-state index contributed by atoms with van der Waals surface area (Å²) in [6, 6.07) is 2.15. The van der Waals surface area contributed by atoms with E-state index in [4.69, 9.17) is 35.0 Å². The van der Waals surface area contributed by atoms with E-state index in [9.17, 15) is 17.6 Å². The Hall–Kier alpha value is -2.56. The zero-order valence-corrected chi connectivity index (χ0v) is 18.5. The average Bonchev–Trinajstić information content (AvgIpc) is 3.28. The zero-order chi connectivity index (χ0) is 24.7. The van der Waals surface area contributed by atoms with Crippen LogP contribution in [-0.4, -0.2) is 34.0 Å². The van der Waals surface area contributed by atoms with Gasteiger partial charge >= 0.3 is 6.18 Å². The molecule has 1 fully saturated rings. The molecule has 0 bridgehead atoms. The van der Waals surface area contributed by atoms with Gasteiger partial charge < -0.3 is 15.8 Å². The summed E-state index contributed by atoms with van der Waals surface area (Å²) < 4.78 is 71.1. The van der Waals surface area contributed by atoms with Crippen LogP contribution in [0.5, 0.6) is 5.75 Å². The zero-order valence-electron chi connectivity index (χ0n) is 18.0. The van der Waals surface area contributed by atoms with E-state index in [1.807, 2.05) is 0 Å². The van der Waals surface area contributed by atoms with Gasteiger partial charge in [0.25, 0.3) is 0 Å². The van der Waals surface area contributed by atoms with Gasteiger partial charge in [-0.25, -0.2) is 9.37 Å². The maximum absolute atomic E-state index is 13.9. The molecule has 0 radical (unpaired) electrons. The lowest BCUT2D eigenvalue weighted by Crippen LogP contribution is -2.29. The van der Waals surface area contributed by atoms with Crippen LogP contribution in [0.25, 0.3) is 11.1 Å². The molecule has 6 nitrogen and oxygen atoms in total. The summed E-state index contributed by atoms with van der Waals surface area (Å²) >= 11 is 11.7. The fourth-order valence-corrected chi connectivity index (χ4v) is 4.06. The predicted octanol–water partition coefficient (Wildman–Crippen LogP) is 5.58. The van der Waals surface area contributed by atoms with Gasteiger partial charge in [-0.3, -0.25) is 4.68 Å². The lowest BCUT2D eigenvalue weighted by molar-refractivity contribution is -0.197. The topological polar surface area (TPSA) is 78.0 Å². The summed E-state index contributed by atoms with van der Waals surface area (Å²) in [7, 11) is 0. The number of hydrogen-bond acceptors (Lipinski definition) is 5. The van der Waals surface area contributed by atoms with Crippen molar-refractivity contribution in [1.29, 1.82) is 0 Å². The van der Waals surface area contributed by atoms with E-state index in [2.05, 4.69) is 15.4 Å². The smallest absolute Gasteiger partial charge is 0.429 e. The Morgan fingerprint density at radius 1 is 1.21 bits per heavy atom. The molecule has 4 rings (SSSR count). The van der Waals surface area contributed by atoms with Crippen LogP contribution < -0.4 is 15.8 Å². The van der Waals surface area contributed by atoms with Gasteiger partial charge in [-0.2, -0.15) is 18.3 Å². The molecular formula is C21H19Cl2F4N5O. The van der Waals surface area contributed by atoms with Gasteiger partial charge in [-0.05, 0) is 44.1 Å². The van der Waals surface area contributed by atoms with Gasteiger partial charge in [-0.1, -0.05) is 23.2 Å². The van der Waals surface area contributed by atoms with Crippen LogP contribution >= 0.6 is 23.2 Å². The van der Waals surface area contributed by atoms with Crippen molar-refractivity contribution >= 4 is 29.0 Å². The number of nitrogen functional groups attached to an aromatic ring is 1. The maximum Gasteiger partial charge on any atom is 0.429 e. The molecule has 12 heteroatoms. The third kappa shape index (κ3) is 5.02. The molecular weight excluding hydrogens is 485 g/mol. The van der Waals surface area contributed by atoms with Gasteiger partial charge in [-0.15, -0.1) is 0 Å². The number of aromatic nitrogens is 3. The Morgan fingerprint density at radius 2 is 1.94 bits per heavy atom. The Balaban J connectivity index is 1.69. The number of ether oxygens (including phenoxy) is 1. The van der Waals surface area contributed by atoms with Crippen LogP contribution in [0.4, 0.5) is 23.4 Å². The minimum atomic E-state index is -5.00. The third-order valence-corrected chi connectivity index (χ3v) is 5.90. The molecule has 33 heavy (non-hydrogen) atoms. The molecule has 0 spiro atoms. The highest BCUT2D eigenvalue weighted by molar-refractivity contribution is 6.36. The van der Waals surface area contributed by atoms with Crippen LogP contribution in [0.15, 0.2) is 36.8 Å². The van der Waals surface area contributed by atoms with E-state index < -0.39 is 45.5 Å². The molecule has 176 valence electrons. The highest BCUT2D eigenvalue weighted by Gasteiger charge is 2.46. The molecule has 1 saturated heterocycles. The largest absolute Gasteiger partial charge is 0.472 e. The van der Waals surface area contributed by atoms with Gasteiger partial charge in [0.05, 0.1) is 18.6 Å². The summed E-state index contributed by atoms with van der Waals surface area (Å²) in [6.07, 6.45) is -2.14. The molecule has 1 unspecified atom stereocenters. The predicted molar refractivity (Wildman–Crippen MR) is 117 cm³/mol. The van der Waals surface area contributed by atoms with Gasteiger partial charge in [0, 0.05) is 34.1 Å². The number of anilines is 1. The fourth-order valence-electron chi connectivity index (χ4n) is 3.50. The Labute approximate surface area is 198 Å². The van der Waals surface area contributed by atoms with E-state index in [1.54, 1.807) is 6.20 Å². The van der Waals surface area contributed by atoms with Crippen molar-refractivity contribution in [2.45, 2.75) is 31.1 Å². The first-order valence-electron chi connectivity index (χ1n) is 10.4. The number of halogens is 6. The lowest BCUT2D eigenvalue weighted by Gasteiger charge is -2.24. The van der Waals surface area contributed by atoms with Crippen LogP contribution in [0.2, 0.25) is 10.0 Å². The Bertz CT molecular complexity index is 1200. The second-order valence-corrected chi connectivity index (χ2v) is 8.18. The van der Waals surface area contributed by atoms with Crippen molar-refractivity contribution in [3.63, 3.8) is 0 Å². The van der Waals surface area contributed by atoms with E-state index in [0.717, 1.165) is 12.1 Å². The van der Waals surface area contributed by atoms with Crippen molar-refractivity contribution in [3.05, 3.63) is 58.2 Å². The minimum Gasteiger partial charge on any atom is -0.472 e. The second-order valence-electron chi connectivity index (χ2n) is 7.39. The Morgan fingerprint density at radius 3 is 2.64 bits per heavy atom. The van der Waals surface area contributed by atoms with Gasteiger partial charge in [0.1, 0.15) is 5.82 Å². The number of nitrogens with one attached hydrogen (secondary N) is 1. The summed E-state index contributed by atoms with van der Waals surface area (Å²) in [5.74, 6) is -1.79. The molecule has 3 aromatic rings. The number of nitrogens with zero attached hydrogens (tertiary/aromatic N) is 3. The van der Waals surface area contributed by atoms with Crippen LogP contribution in [0, 0.1) is 5.82 Å². The average molecular weight is 505 g/mol. The quantitative estimate of drug-likeness (QED) is 0.350. The minimum absolute atomic E-state index is 0.315. The SMILES string of the molecule is [2H]C1(n2cc(-c3cnc(N)c(OC(c4c(Cl)ccc(F)c4Cl)C(F)(F)F)c3)cn2)CCNCC1. The number of pyridine rings is 1. The standard InChI is InChI=1S/C21H19Cl2F4N5O/c22-14-1-2-15(24)18(23)17(14)19(21(25,26)27)33-16-7-11(8-30-20(16)28)12-9-31-32(10-12)13-3-5-29-6-4-13/h1-2,7-10,13,19,29H,3-6H2,(H2,28,30)/i13D. The lowest BCUT2D eigenvalue weighted by atomic mass is 10.1. The summed E-state index contributed by atoms with van der Waals surface area (Å²) in [4.78, 5) is 3.94. The van der Waals surface area contributed by atoms with Crippen LogP contribution in [0.1, 0.15) is 31.9 Å². The van der Waals surface area contributed by atoms with E-state index in [0.29, 0.717) is 37.1 Å². The molecule has 0 amide bonds. The molecule has 3 heterocycles. The van der Waals surface area contributed by atoms with Crippen molar-refractivity contribution < 1.29 is 23.7 Å².